The molecule has 2 rings (SSSR count). The molecule has 0 radical (unpaired) electrons. The van der Waals surface area contributed by atoms with Gasteiger partial charge in [0.25, 0.3) is 10.1 Å². The molecule has 16 heavy (non-hydrogen) atoms. The smallest absolute Gasteiger partial charge is 0.271 e. The van der Waals surface area contributed by atoms with E-state index in [1.165, 1.54) is 0 Å². The van der Waals surface area contributed by atoms with E-state index in [1.54, 1.807) is 7.11 Å². The van der Waals surface area contributed by atoms with Crippen LogP contribution in [0.5, 0.6) is 0 Å². The van der Waals surface area contributed by atoms with E-state index in [-0.39, 0.29) is 12.0 Å². The zero-order chi connectivity index (χ0) is 11.8. The second kappa shape index (κ2) is 4.47. The van der Waals surface area contributed by atoms with Crippen molar-refractivity contribution in [1.82, 2.24) is 0 Å². The molecular formula is C11H18O4S. The number of hydrogen-bond acceptors (Lipinski definition) is 3. The molecule has 0 aromatic heterocycles. The maximum atomic E-state index is 11.3. The summed E-state index contributed by atoms with van der Waals surface area (Å²) in [5, 5.41) is -0.691. The van der Waals surface area contributed by atoms with Gasteiger partial charge in [0.1, 0.15) is 5.25 Å². The van der Waals surface area contributed by atoms with E-state index < -0.39 is 15.4 Å². The molecule has 1 N–H and O–H groups in total. The van der Waals surface area contributed by atoms with E-state index in [2.05, 4.69) is 0 Å². The van der Waals surface area contributed by atoms with Gasteiger partial charge in [-0.3, -0.25) is 4.55 Å². The molecule has 0 aromatic rings. The minimum absolute atomic E-state index is 0.115. The molecule has 3 unspecified atom stereocenters. The molecule has 1 fully saturated rings. The minimum Gasteiger partial charge on any atom is -0.381 e. The Kier molecular flexibility index (Phi) is 3.37. The lowest BCUT2D eigenvalue weighted by atomic mass is 9.75. The molecule has 4 nitrogen and oxygen atoms in total. The van der Waals surface area contributed by atoms with Crippen LogP contribution < -0.4 is 0 Å². The molecule has 0 spiro atoms. The highest BCUT2D eigenvalue weighted by molar-refractivity contribution is 7.86. The fourth-order valence-corrected chi connectivity index (χ4v) is 4.03. The molecule has 5 heteroatoms. The van der Waals surface area contributed by atoms with Gasteiger partial charge in [0.15, 0.2) is 0 Å². The van der Waals surface area contributed by atoms with Crippen LogP contribution in [0.3, 0.4) is 0 Å². The summed E-state index contributed by atoms with van der Waals surface area (Å²) in [5.74, 6) is 0.180. The molecular weight excluding hydrogens is 228 g/mol. The maximum absolute atomic E-state index is 11.3. The first kappa shape index (κ1) is 12.1. The van der Waals surface area contributed by atoms with Crippen molar-refractivity contribution in [3.63, 3.8) is 0 Å². The van der Waals surface area contributed by atoms with Crippen molar-refractivity contribution in [3.8, 4) is 0 Å². The predicted molar refractivity (Wildman–Crippen MR) is 60.8 cm³/mol. The number of methoxy groups -OCH3 is 1. The lowest BCUT2D eigenvalue weighted by molar-refractivity contribution is 0.0393. The number of allylic oxidation sites excluding steroid dienone is 1. The summed E-state index contributed by atoms with van der Waals surface area (Å²) in [7, 11) is -2.28. The van der Waals surface area contributed by atoms with Crippen LogP contribution in [0, 0.1) is 5.92 Å². The lowest BCUT2D eigenvalue weighted by Crippen LogP contribution is -2.40. The second-order valence-electron chi connectivity index (χ2n) is 4.60. The van der Waals surface area contributed by atoms with Gasteiger partial charge in [-0.1, -0.05) is 6.08 Å². The monoisotopic (exact) mass is 246 g/mol. The third-order valence-corrected chi connectivity index (χ3v) is 4.95. The summed E-state index contributed by atoms with van der Waals surface area (Å²) in [6.45, 7) is 0. The molecule has 3 atom stereocenters. The van der Waals surface area contributed by atoms with Crippen LogP contribution in [0.25, 0.3) is 0 Å². The molecule has 2 aliphatic carbocycles. The van der Waals surface area contributed by atoms with E-state index in [1.807, 2.05) is 6.08 Å². The van der Waals surface area contributed by atoms with Gasteiger partial charge in [0, 0.05) is 13.0 Å². The van der Waals surface area contributed by atoms with E-state index in [0.29, 0.717) is 12.8 Å². The topological polar surface area (TPSA) is 63.6 Å². The third-order valence-electron chi connectivity index (χ3n) is 3.72. The zero-order valence-corrected chi connectivity index (χ0v) is 10.2. The number of ether oxygens (including phenoxy) is 1. The van der Waals surface area contributed by atoms with Crippen molar-refractivity contribution in [3.05, 3.63) is 11.6 Å². The van der Waals surface area contributed by atoms with Crippen LogP contribution in [0.4, 0.5) is 0 Å². The number of fused-ring (bicyclic) bond motifs is 1. The highest BCUT2D eigenvalue weighted by Crippen LogP contribution is 2.40. The van der Waals surface area contributed by atoms with E-state index in [4.69, 9.17) is 4.74 Å². The largest absolute Gasteiger partial charge is 0.381 e. The minimum atomic E-state index is -3.95. The summed E-state index contributed by atoms with van der Waals surface area (Å²) >= 11 is 0. The highest BCUT2D eigenvalue weighted by atomic mass is 32.2. The van der Waals surface area contributed by atoms with Crippen molar-refractivity contribution < 1.29 is 17.7 Å². The van der Waals surface area contributed by atoms with Crippen molar-refractivity contribution in [2.45, 2.75) is 43.5 Å². The molecule has 2 aliphatic rings. The van der Waals surface area contributed by atoms with Crippen LogP contribution in [0.15, 0.2) is 11.6 Å². The molecule has 0 bridgehead atoms. The zero-order valence-electron chi connectivity index (χ0n) is 9.43. The molecule has 1 saturated carbocycles. The maximum Gasteiger partial charge on any atom is 0.271 e. The van der Waals surface area contributed by atoms with Gasteiger partial charge in [-0.05, 0) is 37.7 Å². The van der Waals surface area contributed by atoms with Crippen LogP contribution in [-0.2, 0) is 14.9 Å². The van der Waals surface area contributed by atoms with E-state index in [0.717, 1.165) is 24.8 Å². The van der Waals surface area contributed by atoms with Gasteiger partial charge in [0.2, 0.25) is 0 Å². The Balaban J connectivity index is 2.30. The Hall–Kier alpha value is -0.390. The average Bonchev–Trinajstić information content (AvgIpc) is 2.26. The van der Waals surface area contributed by atoms with Gasteiger partial charge in [-0.15, -0.1) is 0 Å². The van der Waals surface area contributed by atoms with Gasteiger partial charge < -0.3 is 4.74 Å². The van der Waals surface area contributed by atoms with Crippen LogP contribution in [0.2, 0.25) is 0 Å². The molecule has 92 valence electrons. The Morgan fingerprint density at radius 2 is 2.12 bits per heavy atom. The summed E-state index contributed by atoms with van der Waals surface area (Å²) in [6.07, 6.45) is 6.24. The van der Waals surface area contributed by atoms with E-state index in [9.17, 15) is 13.0 Å². The lowest BCUT2D eigenvalue weighted by Gasteiger charge is -2.38. The standard InChI is InChI=1S/C11H18O4S/c1-15-10-6-7-11(16(12,13)14)9-5-3-2-4-8(9)10/h5,8,10-11H,2-4,6-7H2,1H3,(H,12,13,14). The Labute approximate surface area is 96.4 Å². The quantitative estimate of drug-likeness (QED) is 0.596. The molecule has 0 saturated heterocycles. The first-order chi connectivity index (χ1) is 7.54. The van der Waals surface area contributed by atoms with Crippen molar-refractivity contribution >= 4 is 10.1 Å². The predicted octanol–water partition coefficient (Wildman–Crippen LogP) is 1.78. The summed E-state index contributed by atoms with van der Waals surface area (Å²) < 4.78 is 37.3. The van der Waals surface area contributed by atoms with Gasteiger partial charge in [-0.2, -0.15) is 8.42 Å². The van der Waals surface area contributed by atoms with Crippen molar-refractivity contribution in [1.29, 1.82) is 0 Å². The Morgan fingerprint density at radius 1 is 1.38 bits per heavy atom. The molecule has 0 aromatic carbocycles. The number of hydrogen-bond donors (Lipinski definition) is 1. The highest BCUT2D eigenvalue weighted by Gasteiger charge is 2.41. The SMILES string of the molecule is COC1CCC(S(=O)(=O)O)C2=CCCCC21. The average molecular weight is 246 g/mol. The van der Waals surface area contributed by atoms with Crippen LogP contribution in [-0.4, -0.2) is 31.4 Å². The summed E-state index contributed by atoms with van der Waals surface area (Å²) in [4.78, 5) is 0. The first-order valence-electron chi connectivity index (χ1n) is 5.73. The fraction of sp³-hybridized carbons (Fsp3) is 0.818. The third kappa shape index (κ3) is 2.17. The Morgan fingerprint density at radius 3 is 2.75 bits per heavy atom. The van der Waals surface area contributed by atoms with Crippen molar-refractivity contribution in [2.75, 3.05) is 7.11 Å². The van der Waals surface area contributed by atoms with Crippen LogP contribution in [0.1, 0.15) is 32.1 Å². The fourth-order valence-electron chi connectivity index (χ4n) is 2.98. The normalized spacial score (nSPS) is 35.4. The summed E-state index contributed by atoms with van der Waals surface area (Å²) in [6, 6.07) is 0. The Bertz CT molecular complexity index is 385. The second-order valence-corrected chi connectivity index (χ2v) is 6.20. The van der Waals surface area contributed by atoms with Crippen LogP contribution >= 0.6 is 0 Å². The first-order valence-corrected chi connectivity index (χ1v) is 7.23. The molecule has 0 amide bonds. The van der Waals surface area contributed by atoms with E-state index >= 15 is 0 Å². The van der Waals surface area contributed by atoms with Gasteiger partial charge in [0.05, 0.1) is 6.10 Å². The van der Waals surface area contributed by atoms with Crippen molar-refractivity contribution in [2.24, 2.45) is 5.92 Å². The van der Waals surface area contributed by atoms with Gasteiger partial charge in [-0.25, -0.2) is 0 Å². The summed E-state index contributed by atoms with van der Waals surface area (Å²) in [5.41, 5.74) is 0.881. The number of rotatable bonds is 2. The molecule has 0 heterocycles. The molecule has 0 aliphatic heterocycles. The van der Waals surface area contributed by atoms with Gasteiger partial charge >= 0.3 is 0 Å².